The van der Waals surface area contributed by atoms with Gasteiger partial charge >= 0.3 is 0 Å². The van der Waals surface area contributed by atoms with Gasteiger partial charge in [-0.25, -0.2) is 8.42 Å². The number of benzene rings is 2. The van der Waals surface area contributed by atoms with Crippen LogP contribution in [0.3, 0.4) is 0 Å². The highest BCUT2D eigenvalue weighted by atomic mass is 35.5. The number of carbonyl (C=O) groups excluding carboxylic acids is 1. The Hall–Kier alpha value is -2.49. The second-order valence-electron chi connectivity index (χ2n) is 6.48. The first-order chi connectivity index (χ1) is 13.6. The van der Waals surface area contributed by atoms with E-state index < -0.39 is 22.0 Å². The number of sulfonamides is 1. The third-order valence-corrected chi connectivity index (χ3v) is 6.50. The largest absolute Gasteiger partial charge is 0.299 e. The molecule has 0 bridgehead atoms. The molecule has 0 spiro atoms. The number of anilines is 2. The van der Waals surface area contributed by atoms with E-state index in [2.05, 4.69) is 15.5 Å². The van der Waals surface area contributed by atoms with Crippen LogP contribution in [0.15, 0.2) is 48.5 Å². The highest BCUT2D eigenvalue weighted by Crippen LogP contribution is 2.28. The van der Waals surface area contributed by atoms with Crippen LogP contribution in [-0.4, -0.2) is 36.8 Å². The number of nitrogens with zero attached hydrogens (tertiary/aromatic N) is 3. The summed E-state index contributed by atoms with van der Waals surface area (Å²) in [5.74, 6) is -0.505. The monoisotopic (exact) mass is 450 g/mol. The molecule has 0 aliphatic heterocycles. The quantitative estimate of drug-likeness (QED) is 0.613. The lowest BCUT2D eigenvalue weighted by atomic mass is 10.2. The van der Waals surface area contributed by atoms with Crippen molar-refractivity contribution in [3.8, 4) is 10.6 Å². The lowest BCUT2D eigenvalue weighted by molar-refractivity contribution is -0.116. The van der Waals surface area contributed by atoms with E-state index in [-0.39, 0.29) is 5.13 Å². The number of halogens is 1. The van der Waals surface area contributed by atoms with Crippen molar-refractivity contribution in [3.05, 3.63) is 59.1 Å². The van der Waals surface area contributed by atoms with Crippen LogP contribution < -0.4 is 9.62 Å². The van der Waals surface area contributed by atoms with E-state index in [1.807, 2.05) is 6.92 Å². The molecule has 0 fully saturated rings. The molecule has 1 aromatic heterocycles. The molecule has 1 heterocycles. The minimum absolute atomic E-state index is 0.282. The summed E-state index contributed by atoms with van der Waals surface area (Å²) in [5.41, 5.74) is 2.22. The molecule has 10 heteroatoms. The van der Waals surface area contributed by atoms with Crippen LogP contribution in [0.25, 0.3) is 10.6 Å². The van der Waals surface area contributed by atoms with Gasteiger partial charge in [0.2, 0.25) is 21.1 Å². The number of amides is 1. The Balaban J connectivity index is 1.80. The summed E-state index contributed by atoms with van der Waals surface area (Å²) in [6, 6.07) is 13.0. The summed E-state index contributed by atoms with van der Waals surface area (Å²) >= 11 is 7.08. The molecule has 1 unspecified atom stereocenters. The lowest BCUT2D eigenvalue weighted by Gasteiger charge is -2.27. The van der Waals surface area contributed by atoms with Crippen LogP contribution in [0.2, 0.25) is 5.02 Å². The highest BCUT2D eigenvalue weighted by Gasteiger charge is 2.29. The van der Waals surface area contributed by atoms with E-state index in [0.717, 1.165) is 21.7 Å². The molecular weight excluding hydrogens is 432 g/mol. The second kappa shape index (κ2) is 8.48. The van der Waals surface area contributed by atoms with Gasteiger partial charge in [-0.05, 0) is 38.1 Å². The van der Waals surface area contributed by atoms with Gasteiger partial charge in [-0.1, -0.05) is 52.8 Å². The Morgan fingerprint density at radius 2 is 1.72 bits per heavy atom. The van der Waals surface area contributed by atoms with Crippen molar-refractivity contribution >= 4 is 49.7 Å². The normalized spacial score (nSPS) is 12.4. The molecule has 1 N–H and O–H groups in total. The molecular formula is C19H19ClN4O3S2. The summed E-state index contributed by atoms with van der Waals surface area (Å²) in [6.07, 6.45) is 1.07. The molecule has 152 valence electrons. The smallest absolute Gasteiger partial charge is 0.249 e. The second-order valence-corrected chi connectivity index (χ2v) is 9.75. The number of aromatic nitrogens is 2. The number of aryl methyl sites for hydroxylation is 1. The predicted molar refractivity (Wildman–Crippen MR) is 117 cm³/mol. The third kappa shape index (κ3) is 5.11. The van der Waals surface area contributed by atoms with E-state index in [1.165, 1.54) is 18.3 Å². The van der Waals surface area contributed by atoms with Crippen LogP contribution in [0.5, 0.6) is 0 Å². The minimum atomic E-state index is -3.68. The first kappa shape index (κ1) is 21.2. The van der Waals surface area contributed by atoms with Crippen molar-refractivity contribution in [3.63, 3.8) is 0 Å². The fourth-order valence-corrected chi connectivity index (χ4v) is 4.75. The van der Waals surface area contributed by atoms with Gasteiger partial charge in [0, 0.05) is 10.6 Å². The number of hydrogen-bond donors (Lipinski definition) is 1. The maximum atomic E-state index is 12.7. The Morgan fingerprint density at radius 3 is 2.31 bits per heavy atom. The van der Waals surface area contributed by atoms with Gasteiger partial charge < -0.3 is 0 Å². The van der Waals surface area contributed by atoms with E-state index in [4.69, 9.17) is 11.6 Å². The van der Waals surface area contributed by atoms with Crippen molar-refractivity contribution in [2.45, 2.75) is 19.9 Å². The Bertz CT molecular complexity index is 1110. The molecule has 0 aliphatic carbocycles. The van der Waals surface area contributed by atoms with E-state index in [1.54, 1.807) is 48.5 Å². The number of carbonyl (C=O) groups is 1. The summed E-state index contributed by atoms with van der Waals surface area (Å²) in [6.45, 7) is 3.43. The summed E-state index contributed by atoms with van der Waals surface area (Å²) < 4.78 is 25.8. The van der Waals surface area contributed by atoms with Crippen molar-refractivity contribution in [2.75, 3.05) is 15.9 Å². The fraction of sp³-hybridized carbons (Fsp3) is 0.211. The zero-order valence-electron chi connectivity index (χ0n) is 16.0. The molecule has 29 heavy (non-hydrogen) atoms. The predicted octanol–water partition coefficient (Wildman–Crippen LogP) is 3.96. The van der Waals surface area contributed by atoms with Gasteiger partial charge in [-0.2, -0.15) is 0 Å². The standard InChI is InChI=1S/C19H19ClN4O3S2/c1-12-4-10-16(11-5-12)24(29(3,26)27)13(2)17(25)21-19-23-22-18(28-19)14-6-8-15(20)9-7-14/h4-11,13H,1-3H3,(H,21,23,25). The van der Waals surface area contributed by atoms with Crippen molar-refractivity contribution in [1.29, 1.82) is 0 Å². The Labute approximate surface area is 178 Å². The van der Waals surface area contributed by atoms with Crippen LogP contribution in [-0.2, 0) is 14.8 Å². The number of nitrogens with one attached hydrogen (secondary N) is 1. The highest BCUT2D eigenvalue weighted by molar-refractivity contribution is 7.92. The molecule has 0 saturated heterocycles. The molecule has 0 radical (unpaired) electrons. The van der Waals surface area contributed by atoms with E-state index >= 15 is 0 Å². The fourth-order valence-electron chi connectivity index (χ4n) is 2.69. The number of rotatable bonds is 6. The first-order valence-electron chi connectivity index (χ1n) is 8.61. The maximum Gasteiger partial charge on any atom is 0.249 e. The van der Waals surface area contributed by atoms with E-state index in [0.29, 0.717) is 15.7 Å². The van der Waals surface area contributed by atoms with Crippen molar-refractivity contribution in [1.82, 2.24) is 10.2 Å². The number of hydrogen-bond acceptors (Lipinski definition) is 6. The summed E-state index contributed by atoms with van der Waals surface area (Å²) in [7, 11) is -3.68. The average molecular weight is 451 g/mol. The zero-order chi connectivity index (χ0) is 21.2. The van der Waals surface area contributed by atoms with Crippen LogP contribution in [0, 0.1) is 6.92 Å². The Morgan fingerprint density at radius 1 is 1.10 bits per heavy atom. The minimum Gasteiger partial charge on any atom is -0.299 e. The van der Waals surface area contributed by atoms with Crippen molar-refractivity contribution in [2.24, 2.45) is 0 Å². The van der Waals surface area contributed by atoms with Gasteiger partial charge in [0.05, 0.1) is 11.9 Å². The van der Waals surface area contributed by atoms with Gasteiger partial charge in [-0.3, -0.25) is 14.4 Å². The van der Waals surface area contributed by atoms with Crippen LogP contribution in [0.1, 0.15) is 12.5 Å². The first-order valence-corrected chi connectivity index (χ1v) is 11.7. The molecule has 2 aromatic carbocycles. The molecule has 1 atom stereocenters. The topological polar surface area (TPSA) is 92.3 Å². The molecule has 1 amide bonds. The lowest BCUT2D eigenvalue weighted by Crippen LogP contribution is -2.45. The Kier molecular flexibility index (Phi) is 6.21. The molecule has 3 rings (SSSR count). The van der Waals surface area contributed by atoms with Crippen LogP contribution >= 0.6 is 22.9 Å². The molecule has 3 aromatic rings. The molecule has 7 nitrogen and oxygen atoms in total. The SMILES string of the molecule is Cc1ccc(N(C(C)C(=O)Nc2nnc(-c3ccc(Cl)cc3)s2)S(C)(=O)=O)cc1. The molecule has 0 aliphatic rings. The summed E-state index contributed by atoms with van der Waals surface area (Å²) in [4.78, 5) is 12.7. The maximum absolute atomic E-state index is 12.7. The van der Waals surface area contributed by atoms with Gasteiger partial charge in [0.1, 0.15) is 11.0 Å². The van der Waals surface area contributed by atoms with Crippen molar-refractivity contribution < 1.29 is 13.2 Å². The summed E-state index contributed by atoms with van der Waals surface area (Å²) in [5, 5.41) is 12.2. The average Bonchev–Trinajstić information content (AvgIpc) is 3.11. The van der Waals surface area contributed by atoms with Gasteiger partial charge in [0.25, 0.3) is 0 Å². The third-order valence-electron chi connectivity index (χ3n) is 4.12. The molecule has 0 saturated carbocycles. The van der Waals surface area contributed by atoms with Crippen LogP contribution in [0.4, 0.5) is 10.8 Å². The van der Waals surface area contributed by atoms with E-state index in [9.17, 15) is 13.2 Å². The van der Waals surface area contributed by atoms with Gasteiger partial charge in [-0.15, -0.1) is 10.2 Å². The van der Waals surface area contributed by atoms with Gasteiger partial charge in [0.15, 0.2) is 0 Å². The zero-order valence-corrected chi connectivity index (χ0v) is 18.3.